The van der Waals surface area contributed by atoms with Gasteiger partial charge in [-0.1, -0.05) is 34.5 Å². The molecule has 29 heavy (non-hydrogen) atoms. The summed E-state index contributed by atoms with van der Waals surface area (Å²) in [6.45, 7) is -1.21. The van der Waals surface area contributed by atoms with Crippen LogP contribution in [0.1, 0.15) is 11.1 Å². The second kappa shape index (κ2) is 8.61. The molecule has 0 atom stereocenters. The van der Waals surface area contributed by atoms with Crippen LogP contribution in [-0.2, 0) is 12.7 Å². The first-order valence-electron chi connectivity index (χ1n) is 8.26. The average molecular weight is 407 g/mol. The highest BCUT2D eigenvalue weighted by Gasteiger charge is 2.35. The van der Waals surface area contributed by atoms with Crippen molar-refractivity contribution in [3.05, 3.63) is 64.0 Å². The molecule has 0 N–H and O–H groups in total. The summed E-state index contributed by atoms with van der Waals surface area (Å²) in [5, 5.41) is 7.24. The molecule has 0 aliphatic heterocycles. The van der Waals surface area contributed by atoms with Crippen LogP contribution < -0.4 is 4.74 Å². The highest BCUT2D eigenvalue weighted by Crippen LogP contribution is 2.38. The van der Waals surface area contributed by atoms with Crippen molar-refractivity contribution in [1.29, 1.82) is 0 Å². The van der Waals surface area contributed by atoms with Gasteiger partial charge in [0.1, 0.15) is 19.0 Å². The van der Waals surface area contributed by atoms with Gasteiger partial charge in [0, 0.05) is 16.0 Å². The zero-order chi connectivity index (χ0) is 20.9. The van der Waals surface area contributed by atoms with E-state index in [4.69, 9.17) is 14.8 Å². The van der Waals surface area contributed by atoms with Crippen LogP contribution >= 0.6 is 0 Å². The van der Waals surface area contributed by atoms with Gasteiger partial charge in [-0.2, -0.15) is 18.2 Å². The van der Waals surface area contributed by atoms with Gasteiger partial charge in [0.15, 0.2) is 0 Å². The lowest BCUT2D eigenvalue weighted by Crippen LogP contribution is -2.10. The van der Waals surface area contributed by atoms with E-state index in [0.29, 0.717) is 5.56 Å². The van der Waals surface area contributed by atoms with Gasteiger partial charge in [-0.05, 0) is 29.3 Å². The monoisotopic (exact) mass is 407 g/mol. The number of benzene rings is 2. The molecule has 7 nitrogen and oxygen atoms in total. The number of nitrogens with zero attached hydrogens (tertiary/aromatic N) is 5. The van der Waals surface area contributed by atoms with Crippen LogP contribution in [0.5, 0.6) is 5.75 Å². The summed E-state index contributed by atoms with van der Waals surface area (Å²) in [7, 11) is 0. The van der Waals surface area contributed by atoms with Crippen molar-refractivity contribution in [2.45, 2.75) is 12.7 Å². The number of azide groups is 1. The van der Waals surface area contributed by atoms with Crippen LogP contribution in [0, 0.1) is 0 Å². The third-order valence-corrected chi connectivity index (χ3v) is 3.82. The highest BCUT2D eigenvalue weighted by molar-refractivity contribution is 5.62. The van der Waals surface area contributed by atoms with Crippen LogP contribution in [0.4, 0.5) is 17.6 Å². The molecular weight excluding hydrogens is 394 g/mol. The maximum Gasteiger partial charge on any atom is 0.419 e. The lowest BCUT2D eigenvalue weighted by Gasteiger charge is -2.13. The van der Waals surface area contributed by atoms with Crippen LogP contribution in [0.15, 0.2) is 52.1 Å². The number of halogens is 4. The molecule has 0 saturated carbocycles. The fourth-order valence-electron chi connectivity index (χ4n) is 2.49. The van der Waals surface area contributed by atoms with Gasteiger partial charge in [0.05, 0.1) is 12.1 Å². The predicted molar refractivity (Wildman–Crippen MR) is 94.5 cm³/mol. The molecule has 3 aromatic rings. The Morgan fingerprint density at radius 1 is 1.10 bits per heavy atom. The molecule has 1 heterocycles. The zero-order valence-electron chi connectivity index (χ0n) is 14.7. The van der Waals surface area contributed by atoms with E-state index in [1.165, 1.54) is 6.07 Å². The van der Waals surface area contributed by atoms with E-state index >= 15 is 0 Å². The van der Waals surface area contributed by atoms with E-state index in [0.717, 1.165) is 17.7 Å². The Morgan fingerprint density at radius 2 is 1.83 bits per heavy atom. The molecule has 0 fully saturated rings. The number of ether oxygens (including phenoxy) is 1. The number of alkyl halides is 4. The van der Waals surface area contributed by atoms with Crippen molar-refractivity contribution in [2.75, 3.05) is 13.3 Å². The lowest BCUT2D eigenvalue weighted by atomic mass is 10.1. The Bertz CT molecular complexity index is 1030. The Hall–Kier alpha value is -3.59. The third kappa shape index (κ3) is 4.82. The number of hydrogen-bond acceptors (Lipinski definition) is 5. The minimum Gasteiger partial charge on any atom is -0.490 e. The SMILES string of the molecule is [N-]=[N+]=NCc1ccc(-c2noc(-c3ccc(OCCF)c(C(F)(F)F)c3)n2)cc1. The van der Waals surface area contributed by atoms with Gasteiger partial charge in [0.25, 0.3) is 5.89 Å². The molecule has 0 bridgehead atoms. The van der Waals surface area contributed by atoms with Gasteiger partial charge >= 0.3 is 6.18 Å². The Labute approximate surface area is 161 Å². The van der Waals surface area contributed by atoms with E-state index in [1.807, 2.05) is 0 Å². The van der Waals surface area contributed by atoms with Gasteiger partial charge in [-0.25, -0.2) is 4.39 Å². The molecule has 0 aliphatic carbocycles. The van der Waals surface area contributed by atoms with E-state index in [2.05, 4.69) is 20.2 Å². The van der Waals surface area contributed by atoms with E-state index in [1.54, 1.807) is 24.3 Å². The summed E-state index contributed by atoms with van der Waals surface area (Å²) in [5.41, 5.74) is 8.66. The van der Waals surface area contributed by atoms with Crippen LogP contribution in [0.2, 0.25) is 0 Å². The molecule has 0 aliphatic rings. The van der Waals surface area contributed by atoms with Gasteiger partial charge in [-0.15, -0.1) is 0 Å². The molecule has 11 heteroatoms. The zero-order valence-corrected chi connectivity index (χ0v) is 14.7. The van der Waals surface area contributed by atoms with Crippen molar-refractivity contribution in [1.82, 2.24) is 10.1 Å². The normalized spacial score (nSPS) is 11.2. The van der Waals surface area contributed by atoms with Crippen molar-refractivity contribution in [3.8, 4) is 28.6 Å². The highest BCUT2D eigenvalue weighted by atomic mass is 19.4. The van der Waals surface area contributed by atoms with Crippen molar-refractivity contribution in [2.24, 2.45) is 5.11 Å². The minimum atomic E-state index is -4.70. The van der Waals surface area contributed by atoms with Crippen molar-refractivity contribution >= 4 is 0 Å². The summed E-state index contributed by atoms with van der Waals surface area (Å²) < 4.78 is 62.1. The topological polar surface area (TPSA) is 96.9 Å². The molecule has 2 aromatic carbocycles. The fraction of sp³-hybridized carbons (Fsp3) is 0.222. The first-order valence-corrected chi connectivity index (χ1v) is 8.26. The molecule has 150 valence electrons. The van der Waals surface area contributed by atoms with Gasteiger partial charge in [-0.3, -0.25) is 0 Å². The summed E-state index contributed by atoms with van der Waals surface area (Å²) in [6.07, 6.45) is -4.70. The van der Waals surface area contributed by atoms with Crippen LogP contribution in [0.3, 0.4) is 0 Å². The quantitative estimate of drug-likeness (QED) is 0.221. The van der Waals surface area contributed by atoms with E-state index in [9.17, 15) is 17.6 Å². The second-order valence-electron chi connectivity index (χ2n) is 5.76. The summed E-state index contributed by atoms with van der Waals surface area (Å²) in [5.74, 6) is -0.406. The third-order valence-electron chi connectivity index (χ3n) is 3.82. The van der Waals surface area contributed by atoms with E-state index < -0.39 is 30.8 Å². The molecule has 0 spiro atoms. The first-order chi connectivity index (χ1) is 13.9. The summed E-state index contributed by atoms with van der Waals surface area (Å²) in [6, 6.07) is 9.98. The van der Waals surface area contributed by atoms with Crippen molar-refractivity contribution < 1.29 is 26.8 Å². The summed E-state index contributed by atoms with van der Waals surface area (Å²) in [4.78, 5) is 6.80. The maximum absolute atomic E-state index is 13.3. The minimum absolute atomic E-state index is 0.0450. The molecule has 1 aromatic heterocycles. The molecule has 0 unspecified atom stereocenters. The van der Waals surface area contributed by atoms with Crippen LogP contribution in [-0.4, -0.2) is 23.4 Å². The molecule has 0 saturated heterocycles. The lowest BCUT2D eigenvalue weighted by molar-refractivity contribution is -0.138. The van der Waals surface area contributed by atoms with Gasteiger partial charge in [0.2, 0.25) is 5.82 Å². The standard InChI is InChI=1S/C18H13F4N5O2/c19-7-8-28-15-6-5-13(9-14(15)18(20,21)22)17-25-16(26-29-17)12-3-1-11(2-4-12)10-24-27-23/h1-6,9H,7-8,10H2. The average Bonchev–Trinajstić information content (AvgIpc) is 3.20. The van der Waals surface area contributed by atoms with Gasteiger partial charge < -0.3 is 9.26 Å². The first kappa shape index (κ1) is 20.2. The largest absolute Gasteiger partial charge is 0.490 e. The Kier molecular flexibility index (Phi) is 5.99. The fourth-order valence-corrected chi connectivity index (χ4v) is 2.49. The molecular formula is C18H13F4N5O2. The van der Waals surface area contributed by atoms with Crippen LogP contribution in [0.25, 0.3) is 33.3 Å². The van der Waals surface area contributed by atoms with Crippen molar-refractivity contribution in [3.63, 3.8) is 0 Å². The number of aromatic nitrogens is 2. The number of hydrogen-bond donors (Lipinski definition) is 0. The molecule has 0 amide bonds. The second-order valence-corrected chi connectivity index (χ2v) is 5.76. The summed E-state index contributed by atoms with van der Waals surface area (Å²) >= 11 is 0. The smallest absolute Gasteiger partial charge is 0.419 e. The van der Waals surface area contributed by atoms with E-state index in [-0.39, 0.29) is 23.8 Å². The number of rotatable bonds is 7. The Morgan fingerprint density at radius 3 is 2.48 bits per heavy atom. The molecule has 3 rings (SSSR count). The molecule has 0 radical (unpaired) electrons. The Balaban J connectivity index is 1.88. The predicted octanol–water partition coefficient (Wildman–Crippen LogP) is 5.58. The maximum atomic E-state index is 13.3.